The minimum absolute atomic E-state index is 0.00408. The molecule has 0 amide bonds. The Morgan fingerprint density at radius 1 is 1.17 bits per heavy atom. The molecule has 0 bridgehead atoms. The van der Waals surface area contributed by atoms with Crippen LogP contribution in [0.4, 0.5) is 0 Å². The maximum absolute atomic E-state index is 11.6. The van der Waals surface area contributed by atoms with Gasteiger partial charge in [-0.2, -0.15) is 0 Å². The number of carbonyl (C=O) groups is 1. The zero-order chi connectivity index (χ0) is 14.0. The molecule has 5 heteroatoms. The van der Waals surface area contributed by atoms with Gasteiger partial charge in [-0.25, -0.2) is 0 Å². The first-order valence-corrected chi connectivity index (χ1v) is 6.36. The highest BCUT2D eigenvalue weighted by Gasteiger charge is 2.26. The van der Waals surface area contributed by atoms with Crippen molar-refractivity contribution in [2.24, 2.45) is 5.92 Å². The molecule has 0 aliphatic rings. The average Bonchev–Trinajstić information content (AvgIpc) is 2.31. The van der Waals surface area contributed by atoms with Crippen molar-refractivity contribution >= 4 is 5.78 Å². The Labute approximate surface area is 110 Å². The van der Waals surface area contributed by atoms with Crippen LogP contribution in [0.25, 0.3) is 0 Å². The molecule has 0 saturated heterocycles. The van der Waals surface area contributed by atoms with E-state index in [4.69, 9.17) is 14.2 Å². The topological polar surface area (TPSA) is 56.8 Å². The molecule has 0 spiro atoms. The second-order valence-electron chi connectivity index (χ2n) is 4.82. The highest BCUT2D eigenvalue weighted by Crippen LogP contribution is 2.13. The second kappa shape index (κ2) is 10.4. The van der Waals surface area contributed by atoms with Gasteiger partial charge in [0.15, 0.2) is 5.78 Å². The zero-order valence-corrected chi connectivity index (χ0v) is 12.2. The first-order chi connectivity index (χ1) is 8.52. The summed E-state index contributed by atoms with van der Waals surface area (Å²) in [6.07, 6.45) is 1.41. The van der Waals surface area contributed by atoms with E-state index in [0.29, 0.717) is 12.6 Å². The van der Waals surface area contributed by atoms with E-state index >= 15 is 0 Å². The molecule has 2 atom stereocenters. The van der Waals surface area contributed by atoms with Gasteiger partial charge in [0.05, 0.1) is 6.73 Å². The summed E-state index contributed by atoms with van der Waals surface area (Å²) in [6, 6.07) is -0.0417. The third kappa shape index (κ3) is 7.76. The van der Waals surface area contributed by atoms with Gasteiger partial charge in [-0.05, 0) is 25.7 Å². The number of carbonyl (C=O) groups excluding carboxylic acids is 1. The molecule has 0 aromatic heterocycles. The Balaban J connectivity index is 4.46. The average molecular weight is 261 g/mol. The van der Waals surface area contributed by atoms with E-state index < -0.39 is 6.10 Å². The van der Waals surface area contributed by atoms with E-state index in [9.17, 15) is 4.79 Å². The summed E-state index contributed by atoms with van der Waals surface area (Å²) in [5.41, 5.74) is 0. The molecule has 0 aromatic rings. The fraction of sp³-hybridized carbons (Fsp3) is 0.923. The van der Waals surface area contributed by atoms with Crippen LogP contribution in [-0.2, 0) is 19.0 Å². The van der Waals surface area contributed by atoms with E-state index in [-0.39, 0.29) is 18.6 Å². The van der Waals surface area contributed by atoms with E-state index in [1.807, 2.05) is 0 Å². The molecule has 0 saturated carbocycles. The summed E-state index contributed by atoms with van der Waals surface area (Å²) in [4.78, 5) is 11.6. The third-order valence-corrected chi connectivity index (χ3v) is 2.68. The van der Waals surface area contributed by atoms with Crippen LogP contribution in [0.1, 0.15) is 33.6 Å². The maximum Gasteiger partial charge on any atom is 0.160 e. The van der Waals surface area contributed by atoms with E-state index in [0.717, 1.165) is 12.8 Å². The lowest BCUT2D eigenvalue weighted by molar-refractivity contribution is -0.141. The first-order valence-electron chi connectivity index (χ1n) is 6.36. The third-order valence-electron chi connectivity index (χ3n) is 2.68. The van der Waals surface area contributed by atoms with Crippen molar-refractivity contribution in [1.82, 2.24) is 5.32 Å². The Morgan fingerprint density at radius 3 is 2.28 bits per heavy atom. The fourth-order valence-corrected chi connectivity index (χ4v) is 1.72. The van der Waals surface area contributed by atoms with Gasteiger partial charge in [0.1, 0.15) is 12.9 Å². The standard InChI is InChI=1S/C13H27NO4/c1-10(2)6-7-12(14-8-16-4)13(11(3)15)18-9-17-5/h10,12-14H,6-9H2,1-5H3/t12-,13-/m0/s1. The number of Topliss-reactive ketones (excluding diaryl/α,β-unsaturated/α-hetero) is 1. The molecule has 0 unspecified atom stereocenters. The van der Waals surface area contributed by atoms with Gasteiger partial charge < -0.3 is 14.2 Å². The van der Waals surface area contributed by atoms with Crippen LogP contribution in [0.2, 0.25) is 0 Å². The first kappa shape index (κ1) is 17.5. The Bertz CT molecular complexity index is 221. The van der Waals surface area contributed by atoms with E-state index in [1.165, 1.54) is 6.92 Å². The van der Waals surface area contributed by atoms with Crippen LogP contribution in [0.5, 0.6) is 0 Å². The largest absolute Gasteiger partial charge is 0.370 e. The van der Waals surface area contributed by atoms with Crippen LogP contribution in [-0.4, -0.2) is 45.7 Å². The quantitative estimate of drug-likeness (QED) is 0.572. The number of ether oxygens (including phenoxy) is 3. The van der Waals surface area contributed by atoms with Gasteiger partial charge in [-0.3, -0.25) is 10.1 Å². The molecule has 0 aliphatic heterocycles. The van der Waals surface area contributed by atoms with Crippen LogP contribution in [0, 0.1) is 5.92 Å². The Kier molecular flexibility index (Phi) is 10.2. The molecule has 18 heavy (non-hydrogen) atoms. The smallest absolute Gasteiger partial charge is 0.160 e. The van der Waals surface area contributed by atoms with Crippen LogP contribution >= 0.6 is 0 Å². The summed E-state index contributed by atoms with van der Waals surface area (Å²) in [7, 11) is 3.16. The molecule has 0 heterocycles. The second-order valence-corrected chi connectivity index (χ2v) is 4.82. The lowest BCUT2D eigenvalue weighted by Crippen LogP contribution is -2.46. The molecule has 5 nitrogen and oxygen atoms in total. The number of hydrogen-bond acceptors (Lipinski definition) is 5. The van der Waals surface area contributed by atoms with Gasteiger partial charge >= 0.3 is 0 Å². The van der Waals surface area contributed by atoms with Crippen molar-refractivity contribution in [1.29, 1.82) is 0 Å². The highest BCUT2D eigenvalue weighted by atomic mass is 16.7. The minimum atomic E-state index is -0.487. The number of methoxy groups -OCH3 is 2. The van der Waals surface area contributed by atoms with Gasteiger partial charge in [-0.1, -0.05) is 13.8 Å². The van der Waals surface area contributed by atoms with Crippen LogP contribution in [0.15, 0.2) is 0 Å². The lowest BCUT2D eigenvalue weighted by Gasteiger charge is -2.26. The molecule has 0 rings (SSSR count). The van der Waals surface area contributed by atoms with Gasteiger partial charge in [0, 0.05) is 20.3 Å². The number of hydrogen-bond donors (Lipinski definition) is 1. The zero-order valence-electron chi connectivity index (χ0n) is 12.2. The minimum Gasteiger partial charge on any atom is -0.370 e. The molecule has 1 N–H and O–H groups in total. The monoisotopic (exact) mass is 261 g/mol. The van der Waals surface area contributed by atoms with Crippen molar-refractivity contribution in [3.8, 4) is 0 Å². The number of ketones is 1. The predicted molar refractivity (Wildman–Crippen MR) is 70.3 cm³/mol. The normalized spacial score (nSPS) is 14.8. The maximum atomic E-state index is 11.6. The molecule has 0 fully saturated rings. The summed E-state index contributed by atoms with van der Waals surface area (Å²) in [6.45, 7) is 6.38. The fourth-order valence-electron chi connectivity index (χ4n) is 1.72. The predicted octanol–water partition coefficient (Wildman–Crippen LogP) is 1.56. The van der Waals surface area contributed by atoms with Crippen LogP contribution < -0.4 is 5.32 Å². The van der Waals surface area contributed by atoms with Crippen molar-refractivity contribution in [3.05, 3.63) is 0 Å². The SMILES string of the molecule is COCN[C@@H](CCC(C)C)[C@@H](OCOC)C(C)=O. The molecular weight excluding hydrogens is 234 g/mol. The number of nitrogens with one attached hydrogen (secondary N) is 1. The van der Waals surface area contributed by atoms with Crippen molar-refractivity contribution in [2.45, 2.75) is 45.8 Å². The van der Waals surface area contributed by atoms with Crippen molar-refractivity contribution < 1.29 is 19.0 Å². The Morgan fingerprint density at radius 2 is 1.83 bits per heavy atom. The van der Waals surface area contributed by atoms with Crippen LogP contribution in [0.3, 0.4) is 0 Å². The summed E-state index contributed by atoms with van der Waals surface area (Å²) >= 11 is 0. The summed E-state index contributed by atoms with van der Waals surface area (Å²) < 4.78 is 15.3. The molecule has 108 valence electrons. The van der Waals surface area contributed by atoms with Gasteiger partial charge in [0.2, 0.25) is 0 Å². The van der Waals surface area contributed by atoms with Crippen molar-refractivity contribution in [2.75, 3.05) is 27.7 Å². The highest BCUT2D eigenvalue weighted by molar-refractivity contribution is 5.81. The van der Waals surface area contributed by atoms with E-state index in [1.54, 1.807) is 14.2 Å². The molecule has 0 aromatic carbocycles. The molecule has 0 radical (unpaired) electrons. The molecular formula is C13H27NO4. The number of rotatable bonds is 11. The van der Waals surface area contributed by atoms with E-state index in [2.05, 4.69) is 19.2 Å². The summed E-state index contributed by atoms with van der Waals surface area (Å²) in [5.74, 6) is 0.594. The molecule has 0 aliphatic carbocycles. The van der Waals surface area contributed by atoms with Gasteiger partial charge in [-0.15, -0.1) is 0 Å². The Hall–Kier alpha value is -0.490. The van der Waals surface area contributed by atoms with Crippen molar-refractivity contribution in [3.63, 3.8) is 0 Å². The summed E-state index contributed by atoms with van der Waals surface area (Å²) in [5, 5.41) is 3.19. The lowest BCUT2D eigenvalue weighted by atomic mass is 9.98. The van der Waals surface area contributed by atoms with Gasteiger partial charge in [0.25, 0.3) is 0 Å².